The second-order valence-corrected chi connectivity index (χ2v) is 3.23. The summed E-state index contributed by atoms with van der Waals surface area (Å²) in [5.74, 6) is -1.64. The molecular weight excluding hydrogens is 209 g/mol. The zero-order valence-electron chi connectivity index (χ0n) is 6.84. The van der Waals surface area contributed by atoms with Gasteiger partial charge in [0.25, 0.3) is 0 Å². The van der Waals surface area contributed by atoms with Crippen molar-refractivity contribution in [3.8, 4) is 0 Å². The first-order valence-corrected chi connectivity index (χ1v) is 4.17. The fourth-order valence-electron chi connectivity index (χ4n) is 1.29. The highest BCUT2D eigenvalue weighted by Gasteiger charge is 2.12. The number of nitrogens with one attached hydrogen (secondary N) is 1. The molecule has 0 saturated carbocycles. The summed E-state index contributed by atoms with van der Waals surface area (Å²) in [5, 5.41) is 9.10. The molecule has 0 aliphatic heterocycles. The first-order valence-electron chi connectivity index (χ1n) is 3.79. The topological polar surface area (TPSA) is 53.1 Å². The molecule has 0 bridgehead atoms. The molecule has 0 unspecified atom stereocenters. The van der Waals surface area contributed by atoms with Crippen molar-refractivity contribution in [1.29, 1.82) is 0 Å². The van der Waals surface area contributed by atoms with Gasteiger partial charge in [0.15, 0.2) is 0 Å². The minimum Gasteiger partial charge on any atom is -0.478 e. The van der Waals surface area contributed by atoms with E-state index >= 15 is 0 Å². The summed E-state index contributed by atoms with van der Waals surface area (Å²) in [6.07, 6.45) is 1.31. The fourth-order valence-corrected chi connectivity index (χ4v) is 1.46. The van der Waals surface area contributed by atoms with E-state index < -0.39 is 11.8 Å². The molecule has 1 heterocycles. The van der Waals surface area contributed by atoms with Gasteiger partial charge in [-0.15, -0.1) is 0 Å². The maximum Gasteiger partial charge on any atom is 0.337 e. The van der Waals surface area contributed by atoms with Crippen molar-refractivity contribution in [3.05, 3.63) is 34.7 Å². The second-order valence-electron chi connectivity index (χ2n) is 2.82. The van der Waals surface area contributed by atoms with E-state index in [0.29, 0.717) is 10.9 Å². The van der Waals surface area contributed by atoms with E-state index in [2.05, 4.69) is 4.98 Å². The molecule has 0 radical (unpaired) electrons. The first-order chi connectivity index (χ1) is 6.59. The number of carboxylic acid groups (broad SMARTS) is 1. The molecule has 1 aromatic carbocycles. The zero-order valence-corrected chi connectivity index (χ0v) is 7.60. The predicted molar refractivity (Wildman–Crippen MR) is 50.2 cm³/mol. The van der Waals surface area contributed by atoms with Gasteiger partial charge in [0, 0.05) is 17.1 Å². The van der Waals surface area contributed by atoms with Gasteiger partial charge >= 0.3 is 5.97 Å². The average Bonchev–Trinajstić information content (AvgIpc) is 2.48. The number of aromatic nitrogens is 1. The zero-order chi connectivity index (χ0) is 10.3. The second kappa shape index (κ2) is 2.99. The Morgan fingerprint density at radius 2 is 2.21 bits per heavy atom. The van der Waals surface area contributed by atoms with Crippen molar-refractivity contribution in [1.82, 2.24) is 4.98 Å². The van der Waals surface area contributed by atoms with Crippen molar-refractivity contribution < 1.29 is 14.3 Å². The summed E-state index contributed by atoms with van der Waals surface area (Å²) in [6.45, 7) is 0. The van der Waals surface area contributed by atoms with E-state index in [-0.39, 0.29) is 10.6 Å². The molecule has 0 aliphatic carbocycles. The number of hydrogen-bond donors (Lipinski definition) is 2. The van der Waals surface area contributed by atoms with Crippen LogP contribution in [0.15, 0.2) is 18.3 Å². The third-order valence-corrected chi connectivity index (χ3v) is 2.24. The lowest BCUT2D eigenvalue weighted by Crippen LogP contribution is -1.93. The molecule has 2 N–H and O–H groups in total. The van der Waals surface area contributed by atoms with E-state index in [0.717, 1.165) is 0 Å². The standard InChI is InChI=1S/C9H5ClFNO2/c10-6-1-4-5(9(13)14)3-12-8(4)2-7(6)11/h1-3,12H,(H,13,14). The SMILES string of the molecule is O=C(O)c1c[nH]c2cc(F)c(Cl)cc12. The van der Waals surface area contributed by atoms with Crippen LogP contribution in [0.25, 0.3) is 10.9 Å². The Morgan fingerprint density at radius 1 is 1.50 bits per heavy atom. The van der Waals surface area contributed by atoms with Gasteiger partial charge in [-0.25, -0.2) is 9.18 Å². The lowest BCUT2D eigenvalue weighted by molar-refractivity contribution is 0.0699. The number of aromatic amines is 1. The Bertz CT molecular complexity index is 521. The number of aromatic carboxylic acids is 1. The van der Waals surface area contributed by atoms with Crippen LogP contribution >= 0.6 is 11.6 Å². The molecule has 72 valence electrons. The van der Waals surface area contributed by atoms with Crippen LogP contribution in [0, 0.1) is 5.82 Å². The average molecular weight is 214 g/mol. The van der Waals surface area contributed by atoms with E-state index in [4.69, 9.17) is 16.7 Å². The summed E-state index contributed by atoms with van der Waals surface area (Å²) in [7, 11) is 0. The Balaban J connectivity index is 2.80. The van der Waals surface area contributed by atoms with Gasteiger partial charge in [0.2, 0.25) is 0 Å². The maximum atomic E-state index is 13.0. The van der Waals surface area contributed by atoms with Crippen LogP contribution in [-0.4, -0.2) is 16.1 Å². The number of rotatable bonds is 1. The Morgan fingerprint density at radius 3 is 2.86 bits per heavy atom. The van der Waals surface area contributed by atoms with Crippen LogP contribution in [0.1, 0.15) is 10.4 Å². The molecule has 0 saturated heterocycles. The summed E-state index contributed by atoms with van der Waals surface area (Å²) in [4.78, 5) is 13.4. The van der Waals surface area contributed by atoms with Gasteiger partial charge in [0.1, 0.15) is 5.82 Å². The number of carbonyl (C=O) groups is 1. The van der Waals surface area contributed by atoms with Crippen molar-refractivity contribution >= 4 is 28.5 Å². The van der Waals surface area contributed by atoms with Crippen molar-refractivity contribution in [3.63, 3.8) is 0 Å². The summed E-state index contributed by atoms with van der Waals surface area (Å²) >= 11 is 5.54. The molecule has 0 spiro atoms. The number of fused-ring (bicyclic) bond motifs is 1. The smallest absolute Gasteiger partial charge is 0.337 e. The third-order valence-electron chi connectivity index (χ3n) is 1.95. The van der Waals surface area contributed by atoms with Crippen LogP contribution in [0.3, 0.4) is 0 Å². The lowest BCUT2D eigenvalue weighted by atomic mass is 10.2. The minimum atomic E-state index is -1.07. The van der Waals surface area contributed by atoms with E-state index in [1.165, 1.54) is 18.3 Å². The quantitative estimate of drug-likeness (QED) is 0.765. The highest BCUT2D eigenvalue weighted by atomic mass is 35.5. The maximum absolute atomic E-state index is 13.0. The normalized spacial score (nSPS) is 10.7. The molecule has 2 rings (SSSR count). The summed E-state index contributed by atoms with van der Waals surface area (Å²) < 4.78 is 13.0. The van der Waals surface area contributed by atoms with Gasteiger partial charge in [-0.1, -0.05) is 11.6 Å². The number of H-pyrrole nitrogens is 1. The molecule has 14 heavy (non-hydrogen) atoms. The largest absolute Gasteiger partial charge is 0.478 e. The Kier molecular flexibility index (Phi) is 1.93. The number of benzene rings is 1. The number of carboxylic acids is 1. The van der Waals surface area contributed by atoms with Crippen molar-refractivity contribution in [2.45, 2.75) is 0 Å². The van der Waals surface area contributed by atoms with E-state index in [1.807, 2.05) is 0 Å². The molecule has 3 nitrogen and oxygen atoms in total. The molecule has 2 aromatic rings. The Labute approximate surface area is 83.1 Å². The fraction of sp³-hybridized carbons (Fsp3) is 0. The van der Waals surface area contributed by atoms with Crippen LogP contribution < -0.4 is 0 Å². The minimum absolute atomic E-state index is 0.0837. The molecular formula is C9H5ClFNO2. The van der Waals surface area contributed by atoms with Gasteiger partial charge in [-0.05, 0) is 12.1 Å². The molecule has 0 atom stereocenters. The van der Waals surface area contributed by atoms with E-state index in [9.17, 15) is 9.18 Å². The molecule has 0 aliphatic rings. The number of hydrogen-bond acceptors (Lipinski definition) is 1. The van der Waals surface area contributed by atoms with Crippen LogP contribution in [0.2, 0.25) is 5.02 Å². The van der Waals surface area contributed by atoms with Crippen molar-refractivity contribution in [2.75, 3.05) is 0 Å². The van der Waals surface area contributed by atoms with Crippen LogP contribution in [0.5, 0.6) is 0 Å². The predicted octanol–water partition coefficient (Wildman–Crippen LogP) is 2.66. The summed E-state index contributed by atoms with van der Waals surface area (Å²) in [6, 6.07) is 2.47. The molecule has 0 fully saturated rings. The summed E-state index contributed by atoms with van der Waals surface area (Å²) in [5.41, 5.74) is 0.506. The highest BCUT2D eigenvalue weighted by molar-refractivity contribution is 6.31. The monoisotopic (exact) mass is 213 g/mol. The van der Waals surface area contributed by atoms with E-state index in [1.54, 1.807) is 0 Å². The molecule has 0 amide bonds. The van der Waals surface area contributed by atoms with Gasteiger partial charge in [-0.2, -0.15) is 0 Å². The van der Waals surface area contributed by atoms with Gasteiger partial charge in [0.05, 0.1) is 10.6 Å². The Hall–Kier alpha value is -1.55. The molecule has 1 aromatic heterocycles. The van der Waals surface area contributed by atoms with Crippen LogP contribution in [0.4, 0.5) is 4.39 Å². The van der Waals surface area contributed by atoms with Gasteiger partial charge < -0.3 is 10.1 Å². The number of halogens is 2. The lowest BCUT2D eigenvalue weighted by Gasteiger charge is -1.95. The third kappa shape index (κ3) is 1.24. The molecule has 5 heteroatoms. The van der Waals surface area contributed by atoms with Crippen LogP contribution in [-0.2, 0) is 0 Å². The highest BCUT2D eigenvalue weighted by Crippen LogP contribution is 2.25. The first kappa shape index (κ1) is 9.02. The van der Waals surface area contributed by atoms with Crippen molar-refractivity contribution in [2.24, 2.45) is 0 Å². The van der Waals surface area contributed by atoms with Gasteiger partial charge in [-0.3, -0.25) is 0 Å².